The first kappa shape index (κ1) is 25.9. The summed E-state index contributed by atoms with van der Waals surface area (Å²) in [6.45, 7) is 6.35. The molecule has 190 valence electrons. The van der Waals surface area contributed by atoms with Crippen LogP contribution >= 0.6 is 0 Å². The van der Waals surface area contributed by atoms with Crippen molar-refractivity contribution in [2.24, 2.45) is 5.92 Å². The van der Waals surface area contributed by atoms with Crippen LogP contribution in [0.4, 0.5) is 0 Å². The number of rotatable bonds is 6. The number of allylic oxidation sites excluding steroid dienone is 4. The molecule has 0 fully saturated rings. The molecule has 3 aliphatic carbocycles. The van der Waals surface area contributed by atoms with Crippen molar-refractivity contribution in [3.63, 3.8) is 0 Å². The van der Waals surface area contributed by atoms with Gasteiger partial charge in [0.2, 0.25) is 6.29 Å². The van der Waals surface area contributed by atoms with Crippen LogP contribution in [-0.2, 0) is 17.6 Å². The summed E-state index contributed by atoms with van der Waals surface area (Å²) in [6, 6.07) is 9.89. The lowest BCUT2D eigenvalue weighted by Crippen LogP contribution is -2.15. The van der Waals surface area contributed by atoms with E-state index >= 15 is 0 Å². The van der Waals surface area contributed by atoms with Gasteiger partial charge in [0.1, 0.15) is 12.6 Å². The van der Waals surface area contributed by atoms with E-state index in [1.54, 1.807) is 40.5 Å². The fourth-order valence-corrected chi connectivity index (χ4v) is 5.37. The lowest BCUT2D eigenvalue weighted by molar-refractivity contribution is -0.111. The van der Waals surface area contributed by atoms with Crippen LogP contribution in [0.1, 0.15) is 97.8 Å². The molecule has 2 bridgehead atoms. The normalized spacial score (nSPS) is 21.2. The third-order valence-corrected chi connectivity index (χ3v) is 7.31. The highest BCUT2D eigenvalue weighted by Gasteiger charge is 2.36. The molecule has 1 aliphatic heterocycles. The van der Waals surface area contributed by atoms with Crippen LogP contribution in [0.5, 0.6) is 11.5 Å². The first-order valence-corrected chi connectivity index (χ1v) is 13.3. The molecule has 1 heterocycles. The highest BCUT2D eigenvalue weighted by molar-refractivity contribution is 5.76. The number of hydrogen-bond acceptors (Lipinski definition) is 4. The van der Waals surface area contributed by atoms with Crippen molar-refractivity contribution in [3.05, 3.63) is 82.0 Å². The second-order valence-electron chi connectivity index (χ2n) is 10.2. The minimum atomic E-state index is -0.197. The third kappa shape index (κ3) is 5.98. The Morgan fingerprint density at radius 3 is 2.50 bits per heavy atom. The van der Waals surface area contributed by atoms with Gasteiger partial charge in [-0.2, -0.15) is 0 Å². The number of carbonyl (C=O) groups excluding carboxylic acids is 2. The van der Waals surface area contributed by atoms with E-state index in [-0.39, 0.29) is 6.29 Å². The van der Waals surface area contributed by atoms with Crippen LogP contribution in [-0.4, -0.2) is 18.9 Å². The largest absolute Gasteiger partial charge is 0.451 e. The van der Waals surface area contributed by atoms with Crippen LogP contribution in [0.3, 0.4) is 0 Å². The van der Waals surface area contributed by atoms with Crippen LogP contribution in [0.25, 0.3) is 0 Å². The Balaban J connectivity index is 0.000000133. The smallest absolute Gasteiger partial charge is 0.241 e. The quantitative estimate of drug-likeness (QED) is 0.313. The number of fused-ring (bicyclic) bond motifs is 3. The summed E-state index contributed by atoms with van der Waals surface area (Å²) in [7, 11) is 0. The Hall–Kier alpha value is -3.14. The molecular formula is C32H38O4. The Kier molecular flexibility index (Phi) is 8.79. The van der Waals surface area contributed by atoms with Crippen LogP contribution in [0, 0.1) is 5.92 Å². The van der Waals surface area contributed by atoms with Crippen molar-refractivity contribution < 1.29 is 19.1 Å². The second kappa shape index (κ2) is 12.2. The van der Waals surface area contributed by atoms with E-state index in [0.717, 1.165) is 49.9 Å². The first-order chi connectivity index (χ1) is 17.5. The summed E-state index contributed by atoms with van der Waals surface area (Å²) >= 11 is 0. The van der Waals surface area contributed by atoms with Gasteiger partial charge in [0, 0.05) is 23.8 Å². The van der Waals surface area contributed by atoms with Crippen LogP contribution < -0.4 is 9.47 Å². The van der Waals surface area contributed by atoms with E-state index < -0.39 is 0 Å². The number of carbonyl (C=O) groups is 2. The van der Waals surface area contributed by atoms with Crippen molar-refractivity contribution in [1.29, 1.82) is 0 Å². The maximum absolute atomic E-state index is 10.5. The highest BCUT2D eigenvalue weighted by atomic mass is 16.7. The summed E-state index contributed by atoms with van der Waals surface area (Å²) in [5, 5.41) is 0. The van der Waals surface area contributed by atoms with Gasteiger partial charge in [-0.25, -0.2) is 0 Å². The molecule has 2 aromatic carbocycles. The minimum absolute atomic E-state index is 0.197. The zero-order chi connectivity index (χ0) is 25.5. The summed E-state index contributed by atoms with van der Waals surface area (Å²) in [5.41, 5.74) is 8.78. The second-order valence-corrected chi connectivity index (χ2v) is 10.2. The summed E-state index contributed by atoms with van der Waals surface area (Å²) in [4.78, 5) is 20.6. The topological polar surface area (TPSA) is 52.6 Å². The SMILES string of the molecule is CC(C)=CCCc1c2ccc3c1C2CC3.CCC1Oc2ccc(C=O)cc2O1.O=CC1CC=CCC1. The Bertz CT molecular complexity index is 1140. The maximum Gasteiger partial charge on any atom is 0.241 e. The van der Waals surface area contributed by atoms with Crippen molar-refractivity contribution in [1.82, 2.24) is 0 Å². The van der Waals surface area contributed by atoms with Crippen molar-refractivity contribution in [2.75, 3.05) is 0 Å². The van der Waals surface area contributed by atoms with E-state index in [4.69, 9.17) is 9.47 Å². The van der Waals surface area contributed by atoms with E-state index in [9.17, 15) is 9.59 Å². The fraction of sp³-hybridized carbons (Fsp3) is 0.438. The summed E-state index contributed by atoms with van der Waals surface area (Å²) in [6.07, 6.45) is 17.3. The van der Waals surface area contributed by atoms with Gasteiger partial charge in [-0.05, 0) is 99.2 Å². The Labute approximate surface area is 215 Å². The average molecular weight is 487 g/mol. The molecule has 3 unspecified atom stereocenters. The fourth-order valence-electron chi connectivity index (χ4n) is 5.37. The van der Waals surface area contributed by atoms with Gasteiger partial charge < -0.3 is 14.3 Å². The third-order valence-electron chi connectivity index (χ3n) is 7.31. The predicted molar refractivity (Wildman–Crippen MR) is 144 cm³/mol. The van der Waals surface area contributed by atoms with Gasteiger partial charge in [-0.1, -0.05) is 42.9 Å². The molecule has 0 aromatic heterocycles. The molecule has 0 saturated carbocycles. The lowest BCUT2D eigenvalue weighted by Gasteiger charge is -2.30. The van der Waals surface area contributed by atoms with Gasteiger partial charge in [0.25, 0.3) is 0 Å². The average Bonchev–Trinajstić information content (AvgIpc) is 3.44. The number of benzene rings is 2. The number of ether oxygens (including phenoxy) is 2. The lowest BCUT2D eigenvalue weighted by atomic mass is 9.74. The molecule has 4 nitrogen and oxygen atoms in total. The van der Waals surface area contributed by atoms with E-state index in [1.165, 1.54) is 31.3 Å². The first-order valence-electron chi connectivity index (χ1n) is 13.3. The van der Waals surface area contributed by atoms with Crippen molar-refractivity contribution in [2.45, 2.75) is 84.3 Å². The van der Waals surface area contributed by atoms with Crippen molar-refractivity contribution in [3.8, 4) is 11.5 Å². The number of hydrogen-bond donors (Lipinski definition) is 0. The summed E-state index contributed by atoms with van der Waals surface area (Å²) < 4.78 is 10.8. The standard InChI is InChI=1S/C15H18.C10H10O3.C7H10O/c1-10(2)4-3-5-13-12-8-6-11-7-9-14(12)15(11)13;1-2-10-12-8-4-3-7(6-11)5-9(8)13-10;8-6-7-4-2-1-3-5-7/h4,6,8,14H,3,5,7,9H2,1-2H3;3-6,10H,2H2,1H3;1-2,6-7H,3-5H2. The van der Waals surface area contributed by atoms with Crippen molar-refractivity contribution >= 4 is 12.6 Å². The van der Waals surface area contributed by atoms with Gasteiger partial charge in [0.05, 0.1) is 0 Å². The molecule has 2 aromatic rings. The molecule has 6 rings (SSSR count). The molecule has 0 saturated heterocycles. The maximum atomic E-state index is 10.5. The molecule has 4 heteroatoms. The van der Waals surface area contributed by atoms with Crippen LogP contribution in [0.15, 0.2) is 54.1 Å². The van der Waals surface area contributed by atoms with Gasteiger partial charge in [-0.15, -0.1) is 0 Å². The Morgan fingerprint density at radius 1 is 1.03 bits per heavy atom. The minimum Gasteiger partial charge on any atom is -0.451 e. The Morgan fingerprint density at radius 2 is 1.86 bits per heavy atom. The predicted octanol–water partition coefficient (Wildman–Crippen LogP) is 7.52. The van der Waals surface area contributed by atoms with Crippen LogP contribution in [0.2, 0.25) is 0 Å². The zero-order valence-corrected chi connectivity index (χ0v) is 21.8. The van der Waals surface area contributed by atoms with E-state index in [2.05, 4.69) is 44.2 Å². The molecule has 0 N–H and O–H groups in total. The van der Waals surface area contributed by atoms with Gasteiger partial charge in [-0.3, -0.25) is 4.79 Å². The van der Waals surface area contributed by atoms with E-state index in [0.29, 0.717) is 17.2 Å². The monoisotopic (exact) mass is 486 g/mol. The number of aldehydes is 2. The molecule has 36 heavy (non-hydrogen) atoms. The molecule has 4 aliphatic rings. The number of aryl methyl sites for hydroxylation is 2. The van der Waals surface area contributed by atoms with E-state index in [1.807, 2.05) is 6.92 Å². The molecule has 0 amide bonds. The molecule has 3 atom stereocenters. The zero-order valence-electron chi connectivity index (χ0n) is 21.8. The van der Waals surface area contributed by atoms with Gasteiger partial charge >= 0.3 is 0 Å². The van der Waals surface area contributed by atoms with Gasteiger partial charge in [0.15, 0.2) is 11.5 Å². The highest BCUT2D eigenvalue weighted by Crippen LogP contribution is 2.51. The molecular weight excluding hydrogens is 448 g/mol. The molecule has 0 spiro atoms. The molecule has 0 radical (unpaired) electrons. The summed E-state index contributed by atoms with van der Waals surface area (Å²) in [5.74, 6) is 2.56.